The van der Waals surface area contributed by atoms with Crippen molar-refractivity contribution in [3.05, 3.63) is 40.3 Å². The van der Waals surface area contributed by atoms with Crippen LogP contribution in [0.2, 0.25) is 0 Å². The topological polar surface area (TPSA) is 238 Å². The lowest BCUT2D eigenvalue weighted by Gasteiger charge is -2.28. The second-order valence-corrected chi connectivity index (χ2v) is 14.1. The summed E-state index contributed by atoms with van der Waals surface area (Å²) in [5.74, 6) is -3.79. The van der Waals surface area contributed by atoms with Crippen LogP contribution in [0.1, 0.15) is 45.1 Å². The minimum absolute atomic E-state index is 0.0274. The highest BCUT2D eigenvalue weighted by Gasteiger charge is 2.32. The molecule has 14 nitrogen and oxygen atoms in total. The largest absolute Gasteiger partial charge is 0.481 e. The molecule has 0 radical (unpaired) electrons. The third-order valence-electron chi connectivity index (χ3n) is 6.13. The molecule has 1 aromatic carbocycles. The highest BCUT2D eigenvalue weighted by molar-refractivity contribution is 7.96. The number of nitrogens with two attached hydrogens (primary N) is 1. The first-order valence-electron chi connectivity index (χ1n) is 12.9. The van der Waals surface area contributed by atoms with Crippen LogP contribution in [-0.2, 0) is 34.2 Å². The number of benzene rings is 1. The summed E-state index contributed by atoms with van der Waals surface area (Å²) in [7, 11) is -8.04. The van der Waals surface area contributed by atoms with E-state index in [9.17, 15) is 36.3 Å². The number of carboxylic acid groups (broad SMARTS) is 1. The fraction of sp³-hybridized carbons (Fsp3) is 0.520. The summed E-state index contributed by atoms with van der Waals surface area (Å²) in [6.45, 7) is 5.36. The smallest absolute Gasteiger partial charge is 0.305 e. The van der Waals surface area contributed by atoms with Crippen LogP contribution in [0.4, 0.5) is 0 Å². The number of aliphatic carboxylic acids is 1. The molecular weight excluding hydrogens is 612 g/mol. The number of amides is 2. The Kier molecular flexibility index (Phi) is 14.4. The number of carboxylic acids is 1. The Hall–Kier alpha value is -3.21. The Morgan fingerprint density at radius 2 is 1.69 bits per heavy atom. The van der Waals surface area contributed by atoms with Crippen molar-refractivity contribution in [1.29, 1.82) is 5.41 Å². The third kappa shape index (κ3) is 12.8. The molecule has 1 aromatic rings. The fourth-order valence-corrected chi connectivity index (χ4v) is 5.39. The van der Waals surface area contributed by atoms with Crippen molar-refractivity contribution in [2.75, 3.05) is 12.8 Å². The minimum atomic E-state index is -4.16. The van der Waals surface area contributed by atoms with Gasteiger partial charge in [-0.1, -0.05) is 49.6 Å². The van der Waals surface area contributed by atoms with E-state index in [0.717, 1.165) is 17.9 Å². The molecule has 0 bridgehead atoms. The normalized spacial score (nSPS) is 15.1. The molecule has 236 valence electrons. The molecule has 0 spiro atoms. The van der Waals surface area contributed by atoms with E-state index in [-0.39, 0.29) is 30.2 Å². The maximum Gasteiger partial charge on any atom is 0.305 e. The number of hydrogen-bond acceptors (Lipinski definition) is 8. The Morgan fingerprint density at radius 1 is 1.10 bits per heavy atom. The Bertz CT molecular complexity index is 1370. The number of carbonyl (C=O) groups excluding carboxylic acids is 2. The molecule has 17 heteroatoms. The van der Waals surface area contributed by atoms with Gasteiger partial charge in [-0.3, -0.25) is 19.8 Å². The third-order valence-corrected chi connectivity index (χ3v) is 9.43. The Morgan fingerprint density at radius 3 is 2.19 bits per heavy atom. The van der Waals surface area contributed by atoms with Crippen molar-refractivity contribution >= 4 is 55.2 Å². The molecule has 0 aliphatic carbocycles. The van der Waals surface area contributed by atoms with E-state index in [4.69, 9.17) is 22.7 Å². The van der Waals surface area contributed by atoms with Crippen molar-refractivity contribution in [1.82, 2.24) is 20.7 Å². The first-order valence-corrected chi connectivity index (χ1v) is 16.7. The molecule has 1 rings (SSSR count). The van der Waals surface area contributed by atoms with Gasteiger partial charge in [0.2, 0.25) is 21.8 Å². The first-order chi connectivity index (χ1) is 19.4. The number of nitrogens with one attached hydrogen (secondary N) is 5. The summed E-state index contributed by atoms with van der Waals surface area (Å²) < 4.78 is 51.3. The predicted molar refractivity (Wildman–Crippen MR) is 159 cm³/mol. The molecule has 8 N–H and O–H groups in total. The number of guanidine groups is 1. The van der Waals surface area contributed by atoms with Gasteiger partial charge in [0.05, 0.1) is 17.4 Å². The van der Waals surface area contributed by atoms with E-state index in [1.807, 2.05) is 0 Å². The van der Waals surface area contributed by atoms with E-state index in [0.29, 0.717) is 6.42 Å². The molecule has 0 heterocycles. The molecule has 4 atom stereocenters. The van der Waals surface area contributed by atoms with Gasteiger partial charge in [0.15, 0.2) is 15.8 Å². The van der Waals surface area contributed by atoms with Crippen LogP contribution >= 0.6 is 11.6 Å². The number of sulfone groups is 1. The maximum atomic E-state index is 13.4. The standard InChI is InChI=1S/C25H39ClN6O8S2/c1-5-16(3)22(24(36)30-17(14-21(33)34)13-20(26)41(4,37)38)31-23(35)19(7-6-12-29-25(27)28)32-42(39,40)18-10-8-15(2)9-11-18/h8-11,13,16-17,19,22,32H,5-7,12,14H2,1-4H3,(H,30,36)(H,31,35)(H,33,34)(H4,27,28,29)/b20-13+/t16?,17-,19+,22?/m1/s1. The Labute approximate surface area is 251 Å². The molecule has 0 saturated carbocycles. The van der Waals surface area contributed by atoms with Crippen LogP contribution in [0.3, 0.4) is 0 Å². The molecule has 2 amide bonds. The average Bonchev–Trinajstić information content (AvgIpc) is 2.87. The van der Waals surface area contributed by atoms with Crippen molar-refractivity contribution in [2.45, 2.75) is 69.5 Å². The van der Waals surface area contributed by atoms with E-state index in [1.165, 1.54) is 12.1 Å². The monoisotopic (exact) mass is 650 g/mol. The summed E-state index contributed by atoms with van der Waals surface area (Å²) in [4.78, 5) is 38.0. The first kappa shape index (κ1) is 36.8. The quantitative estimate of drug-likeness (QED) is 0.0700. The van der Waals surface area contributed by atoms with Crippen molar-refractivity contribution in [2.24, 2.45) is 11.7 Å². The van der Waals surface area contributed by atoms with Gasteiger partial charge in [-0.2, -0.15) is 4.72 Å². The molecule has 2 unspecified atom stereocenters. The number of hydrogen-bond donors (Lipinski definition) is 7. The van der Waals surface area contributed by atoms with Gasteiger partial charge >= 0.3 is 5.97 Å². The van der Waals surface area contributed by atoms with Crippen LogP contribution in [0, 0.1) is 18.3 Å². The number of carbonyl (C=O) groups is 3. The van der Waals surface area contributed by atoms with Crippen molar-refractivity contribution in [3.63, 3.8) is 0 Å². The molecule has 0 saturated heterocycles. The number of halogens is 1. The van der Waals surface area contributed by atoms with Gasteiger partial charge in [-0.25, -0.2) is 16.8 Å². The highest BCUT2D eigenvalue weighted by atomic mass is 35.5. The number of sulfonamides is 1. The van der Waals surface area contributed by atoms with Crippen LogP contribution in [-0.4, -0.2) is 76.6 Å². The summed E-state index contributed by atoms with van der Waals surface area (Å²) in [6, 6.07) is 2.07. The van der Waals surface area contributed by atoms with E-state index in [2.05, 4.69) is 20.7 Å². The summed E-state index contributed by atoms with van der Waals surface area (Å²) >= 11 is 5.78. The molecule has 0 aromatic heterocycles. The molecule has 0 fully saturated rings. The fourth-order valence-electron chi connectivity index (χ4n) is 3.60. The van der Waals surface area contributed by atoms with Crippen molar-refractivity contribution < 1.29 is 36.3 Å². The van der Waals surface area contributed by atoms with E-state index in [1.54, 1.807) is 32.9 Å². The SMILES string of the molecule is CCC(C)C(NC(=O)[C@H](CCCNC(=N)N)NS(=O)(=O)c1ccc(C)cc1)C(=O)N[C@H](/C=C(\Cl)S(C)(=O)=O)CC(=O)O. The van der Waals surface area contributed by atoms with E-state index < -0.39 is 72.5 Å². The zero-order chi connectivity index (χ0) is 32.3. The second-order valence-electron chi connectivity index (χ2n) is 9.80. The predicted octanol–water partition coefficient (Wildman–Crippen LogP) is 0.520. The number of rotatable bonds is 17. The van der Waals surface area contributed by atoms with Crippen molar-refractivity contribution in [3.8, 4) is 0 Å². The van der Waals surface area contributed by atoms with Gasteiger partial charge in [0.25, 0.3) is 0 Å². The summed E-state index contributed by atoms with van der Waals surface area (Å²) in [6.07, 6.45) is 1.60. The maximum absolute atomic E-state index is 13.4. The Balaban J connectivity index is 3.29. The van der Waals surface area contributed by atoms with Crippen LogP contribution in [0.15, 0.2) is 39.6 Å². The highest BCUT2D eigenvalue weighted by Crippen LogP contribution is 2.16. The molecule has 0 aliphatic heterocycles. The van der Waals surface area contributed by atoms with Gasteiger partial charge in [-0.15, -0.1) is 0 Å². The summed E-state index contributed by atoms with van der Waals surface area (Å²) in [5.41, 5.74) is 6.11. The zero-order valence-electron chi connectivity index (χ0n) is 23.8. The van der Waals surface area contributed by atoms with Crippen LogP contribution in [0.25, 0.3) is 0 Å². The summed E-state index contributed by atoms with van der Waals surface area (Å²) in [5, 5.41) is 24.1. The molecule has 0 aliphatic rings. The van der Waals surface area contributed by atoms with Gasteiger partial charge < -0.3 is 26.8 Å². The lowest BCUT2D eigenvalue weighted by molar-refractivity contribution is -0.137. The van der Waals surface area contributed by atoms with Gasteiger partial charge in [-0.05, 0) is 43.9 Å². The van der Waals surface area contributed by atoms with Gasteiger partial charge in [0.1, 0.15) is 16.4 Å². The number of aryl methyl sites for hydroxylation is 1. The molecular formula is C25H39ClN6O8S2. The zero-order valence-corrected chi connectivity index (χ0v) is 26.2. The molecule has 42 heavy (non-hydrogen) atoms. The minimum Gasteiger partial charge on any atom is -0.481 e. The van der Waals surface area contributed by atoms with Crippen LogP contribution in [0.5, 0.6) is 0 Å². The lowest BCUT2D eigenvalue weighted by Crippen LogP contribution is -2.57. The van der Waals surface area contributed by atoms with Gasteiger partial charge in [0, 0.05) is 12.8 Å². The van der Waals surface area contributed by atoms with Crippen LogP contribution < -0.4 is 26.4 Å². The second kappa shape index (κ2) is 16.4. The average molecular weight is 651 g/mol. The van der Waals surface area contributed by atoms with E-state index >= 15 is 0 Å². The lowest BCUT2D eigenvalue weighted by atomic mass is 9.97.